The standard InChI is InChI=1S/C16H22F3N3O2/c1-15(2,22-6-8-24-9-7-22)11-20-14(23)21-13-5-3-4-12(10-13)16(17,18)19/h3-5,10H,6-9,11H2,1-2H3,(H2,20,21,23). The molecule has 24 heavy (non-hydrogen) atoms. The topological polar surface area (TPSA) is 53.6 Å². The first kappa shape index (κ1) is 18.5. The molecule has 134 valence electrons. The maximum atomic E-state index is 12.7. The zero-order valence-corrected chi connectivity index (χ0v) is 13.7. The minimum absolute atomic E-state index is 0.103. The lowest BCUT2D eigenvalue weighted by atomic mass is 10.0. The monoisotopic (exact) mass is 345 g/mol. The summed E-state index contributed by atoms with van der Waals surface area (Å²) in [5.74, 6) is 0. The van der Waals surface area contributed by atoms with Crippen molar-refractivity contribution in [1.82, 2.24) is 10.2 Å². The van der Waals surface area contributed by atoms with E-state index in [1.165, 1.54) is 12.1 Å². The van der Waals surface area contributed by atoms with Gasteiger partial charge in [0.25, 0.3) is 0 Å². The van der Waals surface area contributed by atoms with E-state index in [4.69, 9.17) is 4.74 Å². The Hall–Kier alpha value is -1.80. The molecule has 0 atom stereocenters. The minimum Gasteiger partial charge on any atom is -0.379 e. The van der Waals surface area contributed by atoms with E-state index in [1.807, 2.05) is 13.8 Å². The molecule has 0 aromatic heterocycles. The van der Waals surface area contributed by atoms with E-state index < -0.39 is 17.8 Å². The predicted octanol–water partition coefficient (Wildman–Crippen LogP) is 2.94. The lowest BCUT2D eigenvalue weighted by Gasteiger charge is -2.40. The lowest BCUT2D eigenvalue weighted by molar-refractivity contribution is -0.137. The summed E-state index contributed by atoms with van der Waals surface area (Å²) in [6.45, 7) is 7.25. The van der Waals surface area contributed by atoms with Gasteiger partial charge in [-0.05, 0) is 32.0 Å². The van der Waals surface area contributed by atoms with Crippen molar-refractivity contribution in [2.75, 3.05) is 38.2 Å². The van der Waals surface area contributed by atoms with Gasteiger partial charge in [-0.3, -0.25) is 4.90 Å². The van der Waals surface area contributed by atoms with Crippen LogP contribution < -0.4 is 10.6 Å². The van der Waals surface area contributed by atoms with Gasteiger partial charge in [0.05, 0.1) is 18.8 Å². The molecule has 1 fully saturated rings. The highest BCUT2D eigenvalue weighted by molar-refractivity contribution is 5.89. The average Bonchev–Trinajstić information content (AvgIpc) is 2.53. The van der Waals surface area contributed by atoms with Crippen molar-refractivity contribution in [3.63, 3.8) is 0 Å². The number of nitrogens with one attached hydrogen (secondary N) is 2. The molecule has 0 bridgehead atoms. The third-order valence-electron chi connectivity index (χ3n) is 4.00. The summed E-state index contributed by atoms with van der Waals surface area (Å²) in [5, 5.41) is 5.15. The van der Waals surface area contributed by atoms with Crippen LogP contribution in [0.4, 0.5) is 23.7 Å². The van der Waals surface area contributed by atoms with Crippen molar-refractivity contribution >= 4 is 11.7 Å². The van der Waals surface area contributed by atoms with Gasteiger partial charge in [-0.1, -0.05) is 6.07 Å². The number of amides is 2. The highest BCUT2D eigenvalue weighted by atomic mass is 19.4. The van der Waals surface area contributed by atoms with Crippen molar-refractivity contribution in [3.8, 4) is 0 Å². The van der Waals surface area contributed by atoms with E-state index >= 15 is 0 Å². The third-order valence-corrected chi connectivity index (χ3v) is 4.00. The molecule has 1 heterocycles. The summed E-state index contributed by atoms with van der Waals surface area (Å²) >= 11 is 0. The van der Waals surface area contributed by atoms with E-state index in [2.05, 4.69) is 15.5 Å². The molecule has 5 nitrogen and oxygen atoms in total. The van der Waals surface area contributed by atoms with Crippen molar-refractivity contribution in [2.24, 2.45) is 0 Å². The summed E-state index contributed by atoms with van der Waals surface area (Å²) in [6.07, 6.45) is -4.44. The molecule has 0 radical (unpaired) electrons. The third kappa shape index (κ3) is 5.10. The number of anilines is 1. The number of alkyl halides is 3. The van der Waals surface area contributed by atoms with Crippen LogP contribution in [0.2, 0.25) is 0 Å². The number of benzene rings is 1. The molecule has 1 saturated heterocycles. The number of hydrogen-bond acceptors (Lipinski definition) is 3. The van der Waals surface area contributed by atoms with Crippen LogP contribution in [0.15, 0.2) is 24.3 Å². The molecule has 0 aliphatic carbocycles. The summed E-state index contributed by atoms with van der Waals surface area (Å²) in [4.78, 5) is 14.2. The van der Waals surface area contributed by atoms with Gasteiger partial charge in [0.1, 0.15) is 0 Å². The number of morpholine rings is 1. The van der Waals surface area contributed by atoms with Crippen molar-refractivity contribution < 1.29 is 22.7 Å². The van der Waals surface area contributed by atoms with Crippen LogP contribution in [-0.2, 0) is 10.9 Å². The fourth-order valence-electron chi connectivity index (χ4n) is 2.53. The molecule has 1 aromatic carbocycles. The number of carbonyl (C=O) groups is 1. The van der Waals surface area contributed by atoms with Crippen LogP contribution in [0.1, 0.15) is 19.4 Å². The molecule has 1 aromatic rings. The smallest absolute Gasteiger partial charge is 0.379 e. The molecule has 0 spiro atoms. The summed E-state index contributed by atoms with van der Waals surface area (Å²) in [6, 6.07) is 4.02. The SMILES string of the molecule is CC(C)(CNC(=O)Nc1cccc(C(F)(F)F)c1)N1CCOCC1. The summed E-state index contributed by atoms with van der Waals surface area (Å²) < 4.78 is 43.3. The van der Waals surface area contributed by atoms with E-state index in [-0.39, 0.29) is 11.2 Å². The number of hydrogen-bond donors (Lipinski definition) is 2. The maximum absolute atomic E-state index is 12.7. The Morgan fingerprint density at radius 1 is 1.25 bits per heavy atom. The Morgan fingerprint density at radius 3 is 2.54 bits per heavy atom. The molecule has 0 saturated carbocycles. The number of carbonyl (C=O) groups excluding carboxylic acids is 1. The second-order valence-corrected chi connectivity index (χ2v) is 6.30. The van der Waals surface area contributed by atoms with E-state index in [0.717, 1.165) is 25.2 Å². The molecule has 1 aliphatic heterocycles. The molecule has 0 unspecified atom stereocenters. The first-order valence-corrected chi connectivity index (χ1v) is 7.73. The number of halogens is 3. The summed E-state index contributed by atoms with van der Waals surface area (Å²) in [7, 11) is 0. The van der Waals surface area contributed by atoms with Gasteiger partial charge in [-0.15, -0.1) is 0 Å². The van der Waals surface area contributed by atoms with Gasteiger partial charge >= 0.3 is 12.2 Å². The van der Waals surface area contributed by atoms with Crippen molar-refractivity contribution in [3.05, 3.63) is 29.8 Å². The van der Waals surface area contributed by atoms with E-state index in [9.17, 15) is 18.0 Å². The number of ether oxygens (including phenoxy) is 1. The fourth-order valence-corrected chi connectivity index (χ4v) is 2.53. The maximum Gasteiger partial charge on any atom is 0.416 e. The fraction of sp³-hybridized carbons (Fsp3) is 0.562. The highest BCUT2D eigenvalue weighted by Gasteiger charge is 2.31. The first-order valence-electron chi connectivity index (χ1n) is 7.73. The summed E-state index contributed by atoms with van der Waals surface area (Å²) in [5.41, 5.74) is -0.963. The van der Waals surface area contributed by atoms with Crippen molar-refractivity contribution in [2.45, 2.75) is 25.6 Å². The number of rotatable bonds is 4. The van der Waals surface area contributed by atoms with E-state index in [1.54, 1.807) is 0 Å². The quantitative estimate of drug-likeness (QED) is 0.882. The van der Waals surface area contributed by atoms with Crippen LogP contribution in [0, 0.1) is 0 Å². The molecule has 8 heteroatoms. The van der Waals surface area contributed by atoms with Crippen LogP contribution in [0.5, 0.6) is 0 Å². The predicted molar refractivity (Wildman–Crippen MR) is 84.9 cm³/mol. The second kappa shape index (κ2) is 7.40. The van der Waals surface area contributed by atoms with Crippen molar-refractivity contribution in [1.29, 1.82) is 0 Å². The Morgan fingerprint density at radius 2 is 1.92 bits per heavy atom. The molecule has 2 amide bonds. The number of nitrogens with zero attached hydrogens (tertiary/aromatic N) is 1. The van der Waals surface area contributed by atoms with Crippen LogP contribution in [0.25, 0.3) is 0 Å². The van der Waals surface area contributed by atoms with Gasteiger partial charge in [0, 0.05) is 30.9 Å². The zero-order valence-electron chi connectivity index (χ0n) is 13.7. The highest BCUT2D eigenvalue weighted by Crippen LogP contribution is 2.30. The molecule has 2 N–H and O–H groups in total. The largest absolute Gasteiger partial charge is 0.416 e. The van der Waals surface area contributed by atoms with Crippen LogP contribution >= 0.6 is 0 Å². The minimum atomic E-state index is -4.44. The Kier molecular flexibility index (Phi) is 5.71. The molecule has 2 rings (SSSR count). The molecule has 1 aliphatic rings. The van der Waals surface area contributed by atoms with Crippen LogP contribution in [0.3, 0.4) is 0 Å². The van der Waals surface area contributed by atoms with Gasteiger partial charge in [0.2, 0.25) is 0 Å². The van der Waals surface area contributed by atoms with E-state index in [0.29, 0.717) is 19.8 Å². The lowest BCUT2D eigenvalue weighted by Crippen LogP contribution is -2.55. The second-order valence-electron chi connectivity index (χ2n) is 6.30. The zero-order chi connectivity index (χ0) is 17.8. The van der Waals surface area contributed by atoms with Gasteiger partial charge in [-0.25, -0.2) is 4.79 Å². The molecular formula is C16H22F3N3O2. The van der Waals surface area contributed by atoms with Crippen LogP contribution in [-0.4, -0.2) is 49.3 Å². The molecular weight excluding hydrogens is 323 g/mol. The first-order chi connectivity index (χ1) is 11.2. The Balaban J connectivity index is 1.89. The van der Waals surface area contributed by atoms with Gasteiger partial charge < -0.3 is 15.4 Å². The number of urea groups is 1. The Labute approximate surface area is 139 Å². The normalized spacial score (nSPS) is 16.7. The Bertz CT molecular complexity index is 570. The van der Waals surface area contributed by atoms with Gasteiger partial charge in [-0.2, -0.15) is 13.2 Å². The average molecular weight is 345 g/mol. The van der Waals surface area contributed by atoms with Gasteiger partial charge in [0.15, 0.2) is 0 Å².